The zero-order chi connectivity index (χ0) is 10.4. The molecule has 0 bridgehead atoms. The van der Waals surface area contributed by atoms with Crippen molar-refractivity contribution in [2.45, 2.75) is 26.2 Å². The normalized spacial score (nSPS) is 12.4. The third-order valence-electron chi connectivity index (χ3n) is 2.31. The van der Waals surface area contributed by atoms with E-state index >= 15 is 0 Å². The van der Waals surface area contributed by atoms with Crippen LogP contribution in [-0.2, 0) is 11.2 Å². The summed E-state index contributed by atoms with van der Waals surface area (Å²) >= 11 is 0. The molecule has 0 amide bonds. The van der Waals surface area contributed by atoms with Crippen LogP contribution in [0.5, 0.6) is 0 Å². The Morgan fingerprint density at radius 2 is 2.00 bits per heavy atom. The van der Waals surface area contributed by atoms with Gasteiger partial charge in [0, 0.05) is 0 Å². The Kier molecular flexibility index (Phi) is 4.17. The van der Waals surface area contributed by atoms with Crippen LogP contribution in [0, 0.1) is 5.92 Å². The quantitative estimate of drug-likeness (QED) is 0.778. The lowest BCUT2D eigenvalue weighted by molar-refractivity contribution is -0.141. The van der Waals surface area contributed by atoms with E-state index in [0.29, 0.717) is 6.42 Å². The molecule has 0 heterocycles. The van der Waals surface area contributed by atoms with Crippen molar-refractivity contribution < 1.29 is 9.90 Å². The lowest BCUT2D eigenvalue weighted by Crippen LogP contribution is -2.16. The van der Waals surface area contributed by atoms with Crippen LogP contribution in [-0.4, -0.2) is 11.1 Å². The Hall–Kier alpha value is -1.31. The van der Waals surface area contributed by atoms with Crippen molar-refractivity contribution in [3.63, 3.8) is 0 Å². The maximum absolute atomic E-state index is 10.9. The maximum Gasteiger partial charge on any atom is 0.306 e. The second-order valence-electron chi connectivity index (χ2n) is 3.51. The average Bonchev–Trinajstić information content (AvgIpc) is 2.18. The highest BCUT2D eigenvalue weighted by Gasteiger charge is 2.16. The molecule has 14 heavy (non-hydrogen) atoms. The fourth-order valence-corrected chi connectivity index (χ4v) is 1.56. The molecule has 1 aromatic rings. The molecule has 0 aliphatic heterocycles. The molecule has 0 spiro atoms. The molecule has 1 atom stereocenters. The number of carboxylic acid groups (broad SMARTS) is 1. The van der Waals surface area contributed by atoms with Gasteiger partial charge in [0.2, 0.25) is 0 Å². The Morgan fingerprint density at radius 1 is 1.36 bits per heavy atom. The van der Waals surface area contributed by atoms with Crippen LogP contribution < -0.4 is 0 Å². The Balaban J connectivity index is 2.60. The van der Waals surface area contributed by atoms with Gasteiger partial charge < -0.3 is 5.11 Å². The van der Waals surface area contributed by atoms with Crippen LogP contribution in [0.2, 0.25) is 0 Å². The highest BCUT2D eigenvalue weighted by molar-refractivity contribution is 5.70. The molecular weight excluding hydrogens is 176 g/mol. The largest absolute Gasteiger partial charge is 0.481 e. The van der Waals surface area contributed by atoms with E-state index in [9.17, 15) is 4.79 Å². The molecule has 2 heteroatoms. The predicted molar refractivity (Wildman–Crippen MR) is 56.2 cm³/mol. The first-order chi connectivity index (χ1) is 6.74. The number of carbonyl (C=O) groups is 1. The van der Waals surface area contributed by atoms with Crippen molar-refractivity contribution in [3.8, 4) is 0 Å². The van der Waals surface area contributed by atoms with Crippen LogP contribution in [0.1, 0.15) is 25.3 Å². The Morgan fingerprint density at radius 3 is 2.50 bits per heavy atom. The van der Waals surface area contributed by atoms with Gasteiger partial charge in [0.15, 0.2) is 0 Å². The molecule has 2 nitrogen and oxygen atoms in total. The third kappa shape index (κ3) is 3.21. The second-order valence-corrected chi connectivity index (χ2v) is 3.51. The van der Waals surface area contributed by atoms with E-state index in [2.05, 4.69) is 0 Å². The summed E-state index contributed by atoms with van der Waals surface area (Å²) in [5, 5.41) is 8.97. The van der Waals surface area contributed by atoms with Crippen molar-refractivity contribution in [1.29, 1.82) is 0 Å². The van der Waals surface area contributed by atoms with Gasteiger partial charge in [0.25, 0.3) is 0 Å². The highest BCUT2D eigenvalue weighted by atomic mass is 16.4. The molecule has 0 saturated carbocycles. The van der Waals surface area contributed by atoms with Gasteiger partial charge in [0.1, 0.15) is 0 Å². The first-order valence-electron chi connectivity index (χ1n) is 5.00. The monoisotopic (exact) mass is 192 g/mol. The van der Waals surface area contributed by atoms with Gasteiger partial charge in [-0.05, 0) is 18.4 Å². The highest BCUT2D eigenvalue weighted by Crippen LogP contribution is 2.14. The molecular formula is C12H16O2. The first-order valence-corrected chi connectivity index (χ1v) is 5.00. The zero-order valence-electron chi connectivity index (χ0n) is 8.44. The van der Waals surface area contributed by atoms with Crippen LogP contribution in [0.4, 0.5) is 0 Å². The summed E-state index contributed by atoms with van der Waals surface area (Å²) in [4.78, 5) is 10.9. The summed E-state index contributed by atoms with van der Waals surface area (Å²) in [5.74, 6) is -0.918. The summed E-state index contributed by atoms with van der Waals surface area (Å²) in [6.07, 6.45) is 2.32. The molecule has 0 aliphatic carbocycles. The van der Waals surface area contributed by atoms with E-state index in [1.165, 1.54) is 0 Å². The van der Waals surface area contributed by atoms with Crippen LogP contribution >= 0.6 is 0 Å². The van der Waals surface area contributed by atoms with Crippen molar-refractivity contribution in [2.24, 2.45) is 5.92 Å². The summed E-state index contributed by atoms with van der Waals surface area (Å²) in [6, 6.07) is 9.79. The fourth-order valence-electron chi connectivity index (χ4n) is 1.56. The predicted octanol–water partition coefficient (Wildman–Crippen LogP) is 2.73. The molecule has 0 radical (unpaired) electrons. The fraction of sp³-hybridized carbons (Fsp3) is 0.417. The SMILES string of the molecule is CCC[C@H](Cc1ccccc1)C(=O)O. The molecule has 1 rings (SSSR count). The van der Waals surface area contributed by atoms with Crippen molar-refractivity contribution in [1.82, 2.24) is 0 Å². The van der Waals surface area contributed by atoms with Gasteiger partial charge >= 0.3 is 5.97 Å². The molecule has 0 unspecified atom stereocenters. The zero-order valence-corrected chi connectivity index (χ0v) is 8.44. The number of rotatable bonds is 5. The van der Waals surface area contributed by atoms with Gasteiger partial charge in [-0.25, -0.2) is 0 Å². The summed E-state index contributed by atoms with van der Waals surface area (Å²) < 4.78 is 0. The summed E-state index contributed by atoms with van der Waals surface area (Å²) in [7, 11) is 0. The van der Waals surface area contributed by atoms with Crippen molar-refractivity contribution >= 4 is 5.97 Å². The van der Waals surface area contributed by atoms with Crippen molar-refractivity contribution in [3.05, 3.63) is 35.9 Å². The van der Waals surface area contributed by atoms with E-state index in [-0.39, 0.29) is 5.92 Å². The maximum atomic E-state index is 10.9. The number of benzene rings is 1. The smallest absolute Gasteiger partial charge is 0.306 e. The average molecular weight is 192 g/mol. The number of hydrogen-bond donors (Lipinski definition) is 1. The minimum absolute atomic E-state index is 0.234. The molecule has 1 aromatic carbocycles. The third-order valence-corrected chi connectivity index (χ3v) is 2.31. The van der Waals surface area contributed by atoms with E-state index in [1.54, 1.807) is 0 Å². The van der Waals surface area contributed by atoms with Gasteiger partial charge in [-0.15, -0.1) is 0 Å². The number of aliphatic carboxylic acids is 1. The standard InChI is InChI=1S/C12H16O2/c1-2-6-11(12(13)14)9-10-7-4-3-5-8-10/h3-5,7-8,11H,2,6,9H2,1H3,(H,13,14)/t11-/m1/s1. The minimum atomic E-state index is -0.685. The minimum Gasteiger partial charge on any atom is -0.481 e. The molecule has 0 fully saturated rings. The van der Waals surface area contributed by atoms with Gasteiger partial charge in [-0.2, -0.15) is 0 Å². The van der Waals surface area contributed by atoms with Crippen LogP contribution in [0.3, 0.4) is 0 Å². The van der Waals surface area contributed by atoms with Gasteiger partial charge in [-0.3, -0.25) is 4.79 Å². The van der Waals surface area contributed by atoms with E-state index < -0.39 is 5.97 Å². The van der Waals surface area contributed by atoms with Gasteiger partial charge in [-0.1, -0.05) is 43.7 Å². The lowest BCUT2D eigenvalue weighted by Gasteiger charge is -2.10. The second kappa shape index (κ2) is 5.43. The van der Waals surface area contributed by atoms with E-state index in [0.717, 1.165) is 18.4 Å². The van der Waals surface area contributed by atoms with Crippen molar-refractivity contribution in [2.75, 3.05) is 0 Å². The van der Waals surface area contributed by atoms with Crippen LogP contribution in [0.15, 0.2) is 30.3 Å². The van der Waals surface area contributed by atoms with E-state index in [1.807, 2.05) is 37.3 Å². The van der Waals surface area contributed by atoms with Gasteiger partial charge in [0.05, 0.1) is 5.92 Å². The van der Waals surface area contributed by atoms with Crippen LogP contribution in [0.25, 0.3) is 0 Å². The molecule has 76 valence electrons. The first kappa shape index (κ1) is 10.8. The lowest BCUT2D eigenvalue weighted by atomic mass is 9.95. The number of carboxylic acids is 1. The molecule has 0 saturated heterocycles. The molecule has 0 aromatic heterocycles. The topological polar surface area (TPSA) is 37.3 Å². The summed E-state index contributed by atoms with van der Waals surface area (Å²) in [5.41, 5.74) is 1.10. The van der Waals surface area contributed by atoms with E-state index in [4.69, 9.17) is 5.11 Å². The molecule has 0 aliphatic rings. The molecule has 1 N–H and O–H groups in total. The Bertz CT molecular complexity index is 280. The Labute approximate surface area is 84.6 Å². The summed E-state index contributed by atoms with van der Waals surface area (Å²) in [6.45, 7) is 2.01. The number of hydrogen-bond acceptors (Lipinski definition) is 1.